The normalized spacial score (nSPS) is 13.0. The number of aromatic nitrogens is 2. The molecule has 28 heavy (non-hydrogen) atoms. The molecule has 1 aliphatic rings. The van der Waals surface area contributed by atoms with Crippen LogP contribution in [-0.4, -0.2) is 35.7 Å². The van der Waals surface area contributed by atoms with E-state index in [1.54, 1.807) is 6.07 Å². The van der Waals surface area contributed by atoms with Crippen molar-refractivity contribution in [1.29, 1.82) is 0 Å². The second kappa shape index (κ2) is 7.34. The van der Waals surface area contributed by atoms with Crippen molar-refractivity contribution in [3.8, 4) is 0 Å². The lowest BCUT2D eigenvalue weighted by Gasteiger charge is -2.19. The molecule has 7 heteroatoms. The Labute approximate surface area is 161 Å². The maximum Gasteiger partial charge on any atom is 0.337 e. The topological polar surface area (TPSA) is 84.4 Å². The third kappa shape index (κ3) is 3.19. The summed E-state index contributed by atoms with van der Waals surface area (Å²) in [4.78, 5) is 41.8. The molecule has 2 heterocycles. The number of ether oxygens (including phenoxy) is 1. The Morgan fingerprint density at radius 2 is 1.96 bits per heavy atom. The maximum absolute atomic E-state index is 12.7. The van der Waals surface area contributed by atoms with Gasteiger partial charge in [-0.25, -0.2) is 9.59 Å². The van der Waals surface area contributed by atoms with E-state index in [4.69, 9.17) is 0 Å². The molecule has 0 radical (unpaired) electrons. The minimum Gasteiger partial charge on any atom is -0.465 e. The van der Waals surface area contributed by atoms with E-state index < -0.39 is 11.7 Å². The van der Waals surface area contributed by atoms with E-state index in [9.17, 15) is 14.4 Å². The van der Waals surface area contributed by atoms with Gasteiger partial charge in [0, 0.05) is 25.3 Å². The Balaban J connectivity index is 1.54. The van der Waals surface area contributed by atoms with Crippen LogP contribution in [0.3, 0.4) is 0 Å². The van der Waals surface area contributed by atoms with Crippen LogP contribution in [0.25, 0.3) is 10.9 Å². The van der Waals surface area contributed by atoms with Crippen LogP contribution < -0.4 is 16.1 Å². The number of H-pyrrole nitrogens is 1. The van der Waals surface area contributed by atoms with Gasteiger partial charge in [0.1, 0.15) is 0 Å². The summed E-state index contributed by atoms with van der Waals surface area (Å²) in [5.74, 6) is -0.516. The first-order valence-corrected chi connectivity index (χ1v) is 9.26. The van der Waals surface area contributed by atoms with Gasteiger partial charge in [0.05, 0.1) is 23.6 Å². The summed E-state index contributed by atoms with van der Waals surface area (Å²) in [5.41, 5.74) is 2.37. The van der Waals surface area contributed by atoms with E-state index >= 15 is 0 Å². The molecule has 2 aromatic carbocycles. The molecule has 0 aliphatic carbocycles. The highest BCUT2D eigenvalue weighted by Gasteiger charge is 2.18. The molecule has 3 aromatic rings. The smallest absolute Gasteiger partial charge is 0.337 e. The lowest BCUT2D eigenvalue weighted by Crippen LogP contribution is -2.36. The minimum absolute atomic E-state index is 0.287. The molecule has 7 nitrogen and oxygen atoms in total. The van der Waals surface area contributed by atoms with Crippen molar-refractivity contribution in [2.24, 2.45) is 0 Å². The Morgan fingerprint density at radius 1 is 1.14 bits per heavy atom. The fourth-order valence-corrected chi connectivity index (χ4v) is 3.76. The van der Waals surface area contributed by atoms with Crippen molar-refractivity contribution in [3.05, 3.63) is 74.4 Å². The van der Waals surface area contributed by atoms with Crippen LogP contribution in [0.4, 0.5) is 5.69 Å². The van der Waals surface area contributed by atoms with E-state index in [0.29, 0.717) is 23.9 Å². The third-order valence-electron chi connectivity index (χ3n) is 5.20. The maximum atomic E-state index is 12.7. The molecule has 0 spiro atoms. The van der Waals surface area contributed by atoms with Crippen LogP contribution >= 0.6 is 0 Å². The summed E-state index contributed by atoms with van der Waals surface area (Å²) in [5, 5.41) is 0.374. The highest BCUT2D eigenvalue weighted by molar-refractivity contribution is 5.93. The largest absolute Gasteiger partial charge is 0.465 e. The van der Waals surface area contributed by atoms with Gasteiger partial charge in [-0.15, -0.1) is 0 Å². The summed E-state index contributed by atoms with van der Waals surface area (Å²) in [7, 11) is 1.28. The summed E-state index contributed by atoms with van der Waals surface area (Å²) < 4.78 is 5.90. The number of rotatable bonds is 5. The van der Waals surface area contributed by atoms with Crippen molar-refractivity contribution in [2.45, 2.75) is 19.4 Å². The molecule has 1 aliphatic heterocycles. The molecule has 0 bridgehead atoms. The quantitative estimate of drug-likeness (QED) is 0.685. The fraction of sp³-hybridized carbons (Fsp3) is 0.286. The van der Waals surface area contributed by atoms with Gasteiger partial charge in [-0.1, -0.05) is 18.2 Å². The summed E-state index contributed by atoms with van der Waals surface area (Å²) in [6.45, 7) is 2.07. The number of methoxy groups -OCH3 is 1. The summed E-state index contributed by atoms with van der Waals surface area (Å²) in [6, 6.07) is 12.9. The number of hydrogen-bond acceptors (Lipinski definition) is 5. The zero-order valence-corrected chi connectivity index (χ0v) is 15.6. The van der Waals surface area contributed by atoms with Gasteiger partial charge in [-0.2, -0.15) is 0 Å². The first kappa shape index (κ1) is 18.0. The molecule has 0 saturated carbocycles. The number of hydrogen-bond donors (Lipinski definition) is 1. The molecule has 0 atom stereocenters. The number of aromatic amines is 1. The van der Waals surface area contributed by atoms with Gasteiger partial charge in [0.25, 0.3) is 5.56 Å². The zero-order valence-electron chi connectivity index (χ0n) is 15.6. The molecule has 1 N–H and O–H groups in total. The third-order valence-corrected chi connectivity index (χ3v) is 5.20. The first-order valence-electron chi connectivity index (χ1n) is 9.26. The lowest BCUT2D eigenvalue weighted by atomic mass is 10.1. The van der Waals surface area contributed by atoms with Crippen LogP contribution in [0.1, 0.15) is 22.3 Å². The average molecular weight is 379 g/mol. The lowest BCUT2D eigenvalue weighted by molar-refractivity contribution is 0.0601. The van der Waals surface area contributed by atoms with Gasteiger partial charge < -0.3 is 14.6 Å². The van der Waals surface area contributed by atoms with Crippen molar-refractivity contribution >= 4 is 22.6 Å². The fourth-order valence-electron chi connectivity index (χ4n) is 3.76. The van der Waals surface area contributed by atoms with Gasteiger partial charge in [0.2, 0.25) is 0 Å². The molecule has 0 fully saturated rings. The van der Waals surface area contributed by atoms with Gasteiger partial charge in [-0.05, 0) is 42.7 Å². The zero-order chi connectivity index (χ0) is 19.7. The predicted octanol–water partition coefficient (Wildman–Crippen LogP) is 1.93. The molecular formula is C21H21N3O4. The van der Waals surface area contributed by atoms with Crippen molar-refractivity contribution in [3.63, 3.8) is 0 Å². The predicted molar refractivity (Wildman–Crippen MR) is 107 cm³/mol. The summed E-state index contributed by atoms with van der Waals surface area (Å²) >= 11 is 0. The van der Waals surface area contributed by atoms with Crippen LogP contribution in [-0.2, 0) is 17.7 Å². The molecule has 0 saturated heterocycles. The number of carbonyl (C=O) groups is 1. The monoisotopic (exact) mass is 379 g/mol. The number of fused-ring (bicyclic) bond motifs is 2. The number of para-hydroxylation sites is 1. The number of carbonyl (C=O) groups excluding carboxylic acids is 1. The van der Waals surface area contributed by atoms with Crippen LogP contribution in [0.15, 0.2) is 52.1 Å². The van der Waals surface area contributed by atoms with Crippen molar-refractivity contribution in [1.82, 2.24) is 9.55 Å². The van der Waals surface area contributed by atoms with E-state index in [-0.39, 0.29) is 11.1 Å². The van der Waals surface area contributed by atoms with Gasteiger partial charge in [0.15, 0.2) is 0 Å². The van der Waals surface area contributed by atoms with Crippen molar-refractivity contribution < 1.29 is 9.53 Å². The SMILES string of the molecule is COC(=O)c1ccc2c(=O)n(CCCN3CCc4ccccc43)c(=O)[nH]c2c1. The van der Waals surface area contributed by atoms with Crippen LogP contribution in [0.2, 0.25) is 0 Å². The number of anilines is 1. The minimum atomic E-state index is -0.516. The van der Waals surface area contributed by atoms with Crippen molar-refractivity contribution in [2.75, 3.05) is 25.1 Å². The standard InChI is InChI=1S/C21H21N3O4/c1-28-20(26)15-7-8-16-17(13-15)22-21(27)24(19(16)25)11-4-10-23-12-9-14-5-2-3-6-18(14)23/h2-3,5-8,13H,4,9-12H2,1H3,(H,22,27). The van der Waals surface area contributed by atoms with Gasteiger partial charge in [-0.3, -0.25) is 9.36 Å². The molecular weight excluding hydrogens is 358 g/mol. The Bertz CT molecular complexity index is 1160. The summed E-state index contributed by atoms with van der Waals surface area (Å²) in [6.07, 6.45) is 1.71. The molecule has 0 amide bonds. The van der Waals surface area contributed by atoms with Gasteiger partial charge >= 0.3 is 11.7 Å². The molecule has 1 aromatic heterocycles. The van der Waals surface area contributed by atoms with Crippen LogP contribution in [0, 0.1) is 0 Å². The number of benzene rings is 2. The Hall–Kier alpha value is -3.35. The average Bonchev–Trinajstić information content (AvgIpc) is 3.12. The van der Waals surface area contributed by atoms with E-state index in [1.165, 1.54) is 35.1 Å². The molecule has 0 unspecified atom stereocenters. The molecule has 4 rings (SSSR count). The number of esters is 1. The first-order chi connectivity index (χ1) is 13.6. The second-order valence-corrected chi connectivity index (χ2v) is 6.86. The Morgan fingerprint density at radius 3 is 2.79 bits per heavy atom. The molecule has 144 valence electrons. The number of nitrogens with one attached hydrogen (secondary N) is 1. The second-order valence-electron chi connectivity index (χ2n) is 6.86. The highest BCUT2D eigenvalue weighted by Crippen LogP contribution is 2.27. The van der Waals surface area contributed by atoms with E-state index in [0.717, 1.165) is 19.5 Å². The van der Waals surface area contributed by atoms with Crippen LogP contribution in [0.5, 0.6) is 0 Å². The van der Waals surface area contributed by atoms with E-state index in [2.05, 4.69) is 26.8 Å². The highest BCUT2D eigenvalue weighted by atomic mass is 16.5. The number of nitrogens with zero attached hydrogens (tertiary/aromatic N) is 2. The Kier molecular flexibility index (Phi) is 4.73. The van der Waals surface area contributed by atoms with E-state index in [1.807, 2.05) is 12.1 Å².